The molecular formula is C21H23NO6. The molecule has 3 aliphatic rings. The summed E-state index contributed by atoms with van der Waals surface area (Å²) >= 11 is 0. The maximum atomic E-state index is 12.2. The molecule has 0 bridgehead atoms. The molecule has 5 rings (SSSR count). The van der Waals surface area contributed by atoms with Crippen LogP contribution in [0.15, 0.2) is 24.3 Å². The highest BCUT2D eigenvalue weighted by molar-refractivity contribution is 5.62. The van der Waals surface area contributed by atoms with Gasteiger partial charge in [0.2, 0.25) is 6.79 Å². The van der Waals surface area contributed by atoms with Gasteiger partial charge < -0.3 is 29.2 Å². The molecule has 2 aromatic carbocycles. The first-order chi connectivity index (χ1) is 13.5. The highest BCUT2D eigenvalue weighted by Gasteiger charge is 2.64. The average Bonchev–Trinajstić information content (AvgIpc) is 3.25. The van der Waals surface area contributed by atoms with Crippen LogP contribution in [0.4, 0.5) is 0 Å². The third-order valence-electron chi connectivity index (χ3n) is 6.43. The van der Waals surface area contributed by atoms with Crippen molar-refractivity contribution in [3.05, 3.63) is 46.5 Å². The summed E-state index contributed by atoms with van der Waals surface area (Å²) in [5, 5.41) is 22.7. The van der Waals surface area contributed by atoms with E-state index in [-0.39, 0.29) is 12.5 Å². The number of fused-ring (bicyclic) bond motifs is 7. The van der Waals surface area contributed by atoms with Crippen LogP contribution in [0.1, 0.15) is 22.3 Å². The second-order valence-electron chi connectivity index (χ2n) is 7.57. The quantitative estimate of drug-likeness (QED) is 0.817. The largest absolute Gasteiger partial charge is 0.504 e. The van der Waals surface area contributed by atoms with Crippen molar-refractivity contribution in [2.24, 2.45) is 0 Å². The predicted octanol–water partition coefficient (Wildman–Crippen LogP) is 1.86. The summed E-state index contributed by atoms with van der Waals surface area (Å²) in [6, 6.07) is 7.31. The Balaban J connectivity index is 1.82. The first kappa shape index (κ1) is 17.6. The van der Waals surface area contributed by atoms with Crippen molar-refractivity contribution in [1.29, 1.82) is 0 Å². The fourth-order valence-electron chi connectivity index (χ4n) is 5.05. The first-order valence-electron chi connectivity index (χ1n) is 9.27. The Labute approximate surface area is 163 Å². The van der Waals surface area contributed by atoms with Crippen molar-refractivity contribution in [3.63, 3.8) is 0 Å². The number of likely N-dealkylation sites (N-methyl/N-ethyl adjacent to an activating group) is 1. The fraction of sp³-hybridized carbons (Fsp3) is 0.429. The minimum absolute atomic E-state index is 0.0188. The Morgan fingerprint density at radius 2 is 1.96 bits per heavy atom. The first-order valence-corrected chi connectivity index (χ1v) is 9.27. The molecule has 0 spiro atoms. The van der Waals surface area contributed by atoms with Crippen LogP contribution in [0.2, 0.25) is 0 Å². The minimum atomic E-state index is -1.48. The van der Waals surface area contributed by atoms with Gasteiger partial charge in [-0.15, -0.1) is 0 Å². The van der Waals surface area contributed by atoms with Gasteiger partial charge in [-0.05, 0) is 48.4 Å². The second kappa shape index (κ2) is 5.76. The highest BCUT2D eigenvalue weighted by Crippen LogP contribution is 2.60. The van der Waals surface area contributed by atoms with E-state index in [0.29, 0.717) is 42.2 Å². The van der Waals surface area contributed by atoms with Gasteiger partial charge in [0.15, 0.2) is 28.7 Å². The van der Waals surface area contributed by atoms with Crippen LogP contribution in [0.25, 0.3) is 0 Å². The van der Waals surface area contributed by atoms with Gasteiger partial charge >= 0.3 is 0 Å². The molecule has 0 fully saturated rings. The number of benzene rings is 2. The maximum Gasteiger partial charge on any atom is 0.231 e. The van der Waals surface area contributed by atoms with Gasteiger partial charge in [-0.25, -0.2) is 0 Å². The van der Waals surface area contributed by atoms with Gasteiger partial charge in [-0.3, -0.25) is 4.90 Å². The van der Waals surface area contributed by atoms with Gasteiger partial charge in [-0.1, -0.05) is 6.07 Å². The number of ether oxygens (including phenoxy) is 4. The molecule has 1 aliphatic carbocycles. The van der Waals surface area contributed by atoms with E-state index in [9.17, 15) is 10.2 Å². The zero-order valence-corrected chi connectivity index (χ0v) is 16.1. The third kappa shape index (κ3) is 1.93. The Kier molecular flexibility index (Phi) is 3.62. The van der Waals surface area contributed by atoms with E-state index in [2.05, 4.69) is 0 Å². The number of hydrogen-bond acceptors (Lipinski definition) is 7. The molecule has 2 heterocycles. The monoisotopic (exact) mass is 385 g/mol. The van der Waals surface area contributed by atoms with Crippen LogP contribution in [0, 0.1) is 0 Å². The number of rotatable bonds is 2. The number of phenolic OH excluding ortho intramolecular Hbond substituents is 1. The molecule has 28 heavy (non-hydrogen) atoms. The van der Waals surface area contributed by atoms with Gasteiger partial charge in [0, 0.05) is 20.1 Å². The van der Waals surface area contributed by atoms with Crippen molar-refractivity contribution < 1.29 is 29.2 Å². The number of aliphatic hydroxyl groups is 1. The van der Waals surface area contributed by atoms with Crippen molar-refractivity contribution in [2.75, 3.05) is 34.6 Å². The molecule has 2 atom stereocenters. The maximum absolute atomic E-state index is 12.2. The Morgan fingerprint density at radius 3 is 2.71 bits per heavy atom. The van der Waals surface area contributed by atoms with E-state index < -0.39 is 11.3 Å². The van der Waals surface area contributed by atoms with Gasteiger partial charge in [-0.2, -0.15) is 0 Å². The van der Waals surface area contributed by atoms with Crippen LogP contribution in [-0.2, 0) is 28.9 Å². The average molecular weight is 385 g/mol. The normalized spacial score (nSPS) is 27.7. The lowest BCUT2D eigenvalue weighted by Gasteiger charge is -2.46. The van der Waals surface area contributed by atoms with Gasteiger partial charge in [0.25, 0.3) is 0 Å². The summed E-state index contributed by atoms with van der Waals surface area (Å²) in [5.74, 6) is 1.61. The van der Waals surface area contributed by atoms with Crippen molar-refractivity contribution in [2.45, 2.75) is 24.2 Å². The lowest BCUT2D eigenvalue weighted by Crippen LogP contribution is -2.57. The number of methoxy groups -OCH3 is 2. The van der Waals surface area contributed by atoms with E-state index in [1.165, 1.54) is 7.11 Å². The Bertz CT molecular complexity index is 976. The van der Waals surface area contributed by atoms with E-state index in [0.717, 1.165) is 16.7 Å². The topological polar surface area (TPSA) is 80.6 Å². The number of nitrogens with zero attached hydrogens (tertiary/aromatic N) is 1. The molecule has 2 N–H and O–H groups in total. The Hall–Kier alpha value is -2.48. The minimum Gasteiger partial charge on any atom is -0.504 e. The summed E-state index contributed by atoms with van der Waals surface area (Å²) in [6.45, 7) is 0.715. The van der Waals surface area contributed by atoms with E-state index >= 15 is 0 Å². The van der Waals surface area contributed by atoms with Crippen LogP contribution >= 0.6 is 0 Å². The summed E-state index contributed by atoms with van der Waals surface area (Å²) in [5.41, 5.74) is 0.742. The zero-order chi connectivity index (χ0) is 19.7. The highest BCUT2D eigenvalue weighted by atomic mass is 16.7. The third-order valence-corrected chi connectivity index (χ3v) is 6.43. The molecule has 0 saturated heterocycles. The van der Waals surface area contributed by atoms with E-state index in [4.69, 9.17) is 18.9 Å². The lowest BCUT2D eigenvalue weighted by atomic mass is 9.80. The van der Waals surface area contributed by atoms with Crippen molar-refractivity contribution in [3.8, 4) is 23.0 Å². The van der Waals surface area contributed by atoms with Crippen LogP contribution in [0.5, 0.6) is 23.0 Å². The SMILES string of the molecule is COc1cc2c(cc1O)C1(OC)Cc3ccc4c(c3C1(O)N(C)CC2)OCO4. The summed E-state index contributed by atoms with van der Waals surface area (Å²) in [6.07, 6.45) is 1.12. The Morgan fingerprint density at radius 1 is 1.14 bits per heavy atom. The predicted molar refractivity (Wildman–Crippen MR) is 99.8 cm³/mol. The van der Waals surface area contributed by atoms with E-state index in [1.807, 2.05) is 30.1 Å². The molecular weight excluding hydrogens is 362 g/mol. The van der Waals surface area contributed by atoms with Crippen LogP contribution < -0.4 is 14.2 Å². The van der Waals surface area contributed by atoms with Gasteiger partial charge in [0.1, 0.15) is 5.60 Å². The number of aromatic hydroxyl groups is 1. The van der Waals surface area contributed by atoms with Crippen LogP contribution in [-0.4, -0.2) is 49.7 Å². The molecule has 0 saturated carbocycles. The molecule has 2 aliphatic heterocycles. The smallest absolute Gasteiger partial charge is 0.231 e. The molecule has 0 radical (unpaired) electrons. The molecule has 0 amide bonds. The lowest BCUT2D eigenvalue weighted by molar-refractivity contribution is -0.241. The van der Waals surface area contributed by atoms with Crippen molar-refractivity contribution >= 4 is 0 Å². The molecule has 7 nitrogen and oxygen atoms in total. The summed E-state index contributed by atoms with van der Waals surface area (Å²) in [7, 11) is 5.00. The molecule has 7 heteroatoms. The van der Waals surface area contributed by atoms with Crippen LogP contribution in [0.3, 0.4) is 0 Å². The van der Waals surface area contributed by atoms with Crippen molar-refractivity contribution in [1.82, 2.24) is 4.90 Å². The molecule has 148 valence electrons. The number of hydrogen-bond donors (Lipinski definition) is 2. The zero-order valence-electron chi connectivity index (χ0n) is 16.1. The standard InChI is InChI=1S/C21H23NO6/c1-22-7-6-12-8-17(25-2)15(23)9-14(12)20(26-3)10-13-4-5-16-19(28-11-27-16)18(13)21(20,22)24/h4-5,8-9,23-24H,6-7,10-11H2,1-3H3. The molecule has 2 aromatic rings. The number of phenols is 1. The fourth-order valence-corrected chi connectivity index (χ4v) is 5.05. The molecule has 0 aromatic heterocycles. The molecule has 2 unspecified atom stereocenters. The van der Waals surface area contributed by atoms with Gasteiger partial charge in [0.05, 0.1) is 12.7 Å². The van der Waals surface area contributed by atoms with E-state index in [1.54, 1.807) is 13.2 Å². The summed E-state index contributed by atoms with van der Waals surface area (Å²) < 4.78 is 22.7. The summed E-state index contributed by atoms with van der Waals surface area (Å²) in [4.78, 5) is 1.90. The second-order valence-corrected chi connectivity index (χ2v) is 7.57.